The van der Waals surface area contributed by atoms with Crippen LogP contribution in [0.5, 0.6) is 5.75 Å². The van der Waals surface area contributed by atoms with Gasteiger partial charge in [0.05, 0.1) is 18.2 Å². The zero-order chi connectivity index (χ0) is 28.1. The molecule has 206 valence electrons. The number of anilines is 2. The molecule has 0 radical (unpaired) electrons. The van der Waals surface area contributed by atoms with E-state index in [0.717, 1.165) is 52.1 Å². The van der Waals surface area contributed by atoms with Crippen LogP contribution >= 0.6 is 0 Å². The summed E-state index contributed by atoms with van der Waals surface area (Å²) in [5, 5.41) is 11.7. The highest BCUT2D eigenvalue weighted by Gasteiger charge is 2.59. The summed E-state index contributed by atoms with van der Waals surface area (Å²) in [5.41, 5.74) is 5.71. The molecular weight excluding hydrogens is 494 g/mol. The fourth-order valence-corrected chi connectivity index (χ4v) is 6.52. The van der Waals surface area contributed by atoms with Crippen LogP contribution in [0.4, 0.5) is 17.1 Å². The second-order valence-electron chi connectivity index (χ2n) is 11.9. The topological polar surface area (TPSA) is 48.3 Å². The highest BCUT2D eigenvalue weighted by molar-refractivity contribution is 6.05. The highest BCUT2D eigenvalue weighted by Crippen LogP contribution is 2.56. The summed E-state index contributed by atoms with van der Waals surface area (Å²) in [4.78, 5) is 9.76. The molecule has 0 bridgehead atoms. The smallest absolute Gasteiger partial charge is 0.228 e. The Bertz CT molecular complexity index is 1570. The standard InChI is InChI=1S/C35H39N3O2/c1-6-37(19-20-39)26-17-15-25(16-18-26)29-21-31-33(28-12-8-7-11-27(28)29)40-35(23-36-31)34(4,5)30-13-9-10-14-32(30)38(35)22-24(2)3/h7-18,21,23-24,39H,6,19-20,22H2,1-5H3. The Morgan fingerprint density at radius 2 is 1.65 bits per heavy atom. The van der Waals surface area contributed by atoms with Crippen LogP contribution in [0.2, 0.25) is 0 Å². The first-order valence-electron chi connectivity index (χ1n) is 14.4. The molecule has 2 heterocycles. The van der Waals surface area contributed by atoms with Crippen molar-refractivity contribution in [2.45, 2.75) is 45.8 Å². The minimum absolute atomic E-state index is 0.140. The minimum Gasteiger partial charge on any atom is -0.459 e. The monoisotopic (exact) mass is 533 g/mol. The van der Waals surface area contributed by atoms with Crippen LogP contribution in [0.25, 0.3) is 21.9 Å². The molecule has 0 amide bonds. The van der Waals surface area contributed by atoms with Crippen molar-refractivity contribution in [1.29, 1.82) is 0 Å². The molecule has 5 heteroatoms. The molecule has 1 N–H and O–H groups in total. The number of aliphatic hydroxyl groups excluding tert-OH is 1. The molecule has 1 spiro atoms. The van der Waals surface area contributed by atoms with E-state index >= 15 is 0 Å². The first-order valence-corrected chi connectivity index (χ1v) is 14.4. The van der Waals surface area contributed by atoms with Crippen molar-refractivity contribution < 1.29 is 9.84 Å². The van der Waals surface area contributed by atoms with Crippen LogP contribution in [-0.2, 0) is 5.41 Å². The predicted molar refractivity (Wildman–Crippen MR) is 168 cm³/mol. The molecule has 0 saturated heterocycles. The summed E-state index contributed by atoms with van der Waals surface area (Å²) < 4.78 is 7.23. The Hall–Kier alpha value is -3.83. The molecule has 1 atom stereocenters. The SMILES string of the molecule is CCN(CCO)c1ccc(-c2cc3c(c4ccccc24)OC2(C=N3)N(CC(C)C)c3ccccc3C2(C)C)cc1. The van der Waals surface area contributed by atoms with E-state index in [1.807, 2.05) is 6.21 Å². The predicted octanol–water partition coefficient (Wildman–Crippen LogP) is 7.57. The van der Waals surface area contributed by atoms with Crippen LogP contribution < -0.4 is 14.5 Å². The molecule has 1 unspecified atom stereocenters. The fourth-order valence-electron chi connectivity index (χ4n) is 6.52. The lowest BCUT2D eigenvalue weighted by molar-refractivity contribution is 0.0772. The van der Waals surface area contributed by atoms with Gasteiger partial charge in [0.2, 0.25) is 5.72 Å². The van der Waals surface area contributed by atoms with E-state index in [-0.39, 0.29) is 12.0 Å². The molecule has 0 saturated carbocycles. The Morgan fingerprint density at radius 1 is 0.950 bits per heavy atom. The molecule has 0 fully saturated rings. The third-order valence-corrected chi connectivity index (χ3v) is 8.62. The van der Waals surface area contributed by atoms with E-state index in [1.54, 1.807) is 0 Å². The second-order valence-corrected chi connectivity index (χ2v) is 11.9. The normalized spacial score (nSPS) is 18.7. The zero-order valence-corrected chi connectivity index (χ0v) is 24.2. The van der Waals surface area contributed by atoms with Crippen LogP contribution in [0.15, 0.2) is 83.9 Å². The fraction of sp³-hybridized carbons (Fsp3) is 0.343. The van der Waals surface area contributed by atoms with E-state index in [4.69, 9.17) is 9.73 Å². The lowest BCUT2D eigenvalue weighted by Crippen LogP contribution is -2.62. The maximum atomic E-state index is 9.44. The number of ether oxygens (including phenoxy) is 1. The lowest BCUT2D eigenvalue weighted by atomic mass is 9.77. The molecule has 2 aliphatic heterocycles. The first-order chi connectivity index (χ1) is 19.3. The number of rotatable bonds is 7. The third-order valence-electron chi connectivity index (χ3n) is 8.62. The molecule has 6 rings (SSSR count). The number of hydrogen-bond acceptors (Lipinski definition) is 5. The van der Waals surface area contributed by atoms with Gasteiger partial charge in [0.15, 0.2) is 5.75 Å². The van der Waals surface area contributed by atoms with Crippen molar-refractivity contribution in [3.63, 3.8) is 0 Å². The number of hydrogen-bond donors (Lipinski definition) is 1. The molecule has 0 aliphatic carbocycles. The molecule has 4 aromatic rings. The summed E-state index contributed by atoms with van der Waals surface area (Å²) >= 11 is 0. The molecular formula is C35H39N3O2. The van der Waals surface area contributed by atoms with E-state index in [9.17, 15) is 5.11 Å². The first kappa shape index (κ1) is 26.4. The van der Waals surface area contributed by atoms with Gasteiger partial charge in [-0.2, -0.15) is 0 Å². The van der Waals surface area contributed by atoms with E-state index in [0.29, 0.717) is 12.5 Å². The van der Waals surface area contributed by atoms with Gasteiger partial charge in [-0.25, -0.2) is 0 Å². The third kappa shape index (κ3) is 3.98. The summed E-state index contributed by atoms with van der Waals surface area (Å²) in [7, 11) is 0. The van der Waals surface area contributed by atoms with Crippen molar-refractivity contribution in [3.8, 4) is 16.9 Å². The quantitative estimate of drug-likeness (QED) is 0.266. The summed E-state index contributed by atoms with van der Waals surface area (Å²) in [6, 6.07) is 28.0. The van der Waals surface area contributed by atoms with Gasteiger partial charge in [0, 0.05) is 36.4 Å². The zero-order valence-electron chi connectivity index (χ0n) is 24.2. The summed E-state index contributed by atoms with van der Waals surface area (Å²) in [6.07, 6.45) is 2.05. The van der Waals surface area contributed by atoms with Gasteiger partial charge in [0.25, 0.3) is 0 Å². The molecule has 4 aromatic carbocycles. The van der Waals surface area contributed by atoms with E-state index < -0.39 is 5.72 Å². The van der Waals surface area contributed by atoms with Gasteiger partial charge in [-0.3, -0.25) is 4.99 Å². The van der Waals surface area contributed by atoms with Gasteiger partial charge in [-0.1, -0.05) is 68.4 Å². The number of fused-ring (bicyclic) bond motifs is 4. The van der Waals surface area contributed by atoms with E-state index in [1.165, 1.54) is 11.3 Å². The van der Waals surface area contributed by atoms with Crippen molar-refractivity contribution >= 4 is 34.0 Å². The van der Waals surface area contributed by atoms with Gasteiger partial charge < -0.3 is 19.6 Å². The maximum absolute atomic E-state index is 9.44. The number of para-hydroxylation sites is 1. The molecule has 5 nitrogen and oxygen atoms in total. The van der Waals surface area contributed by atoms with Gasteiger partial charge >= 0.3 is 0 Å². The lowest BCUT2D eigenvalue weighted by Gasteiger charge is -2.47. The van der Waals surface area contributed by atoms with Crippen LogP contribution in [-0.4, -0.2) is 43.3 Å². The highest BCUT2D eigenvalue weighted by atomic mass is 16.5. The average Bonchev–Trinajstić information content (AvgIpc) is 3.14. The largest absolute Gasteiger partial charge is 0.459 e. The number of benzene rings is 4. The second kappa shape index (κ2) is 9.97. The number of nitrogens with zero attached hydrogens (tertiary/aromatic N) is 3. The molecule has 40 heavy (non-hydrogen) atoms. The van der Waals surface area contributed by atoms with Crippen molar-refractivity contribution in [1.82, 2.24) is 0 Å². The number of aliphatic hydroxyl groups is 1. The van der Waals surface area contributed by atoms with E-state index in [2.05, 4.69) is 123 Å². The van der Waals surface area contributed by atoms with Crippen LogP contribution in [0.3, 0.4) is 0 Å². The Labute approximate surface area is 237 Å². The van der Waals surface area contributed by atoms with Gasteiger partial charge in [-0.15, -0.1) is 0 Å². The summed E-state index contributed by atoms with van der Waals surface area (Å²) in [6.45, 7) is 13.7. The van der Waals surface area contributed by atoms with Crippen molar-refractivity contribution in [3.05, 3.63) is 84.4 Å². The number of aliphatic imine (C=N–C) groups is 1. The molecule has 0 aromatic heterocycles. The summed E-state index contributed by atoms with van der Waals surface area (Å²) in [5.74, 6) is 1.30. The molecule has 2 aliphatic rings. The van der Waals surface area contributed by atoms with Crippen molar-refractivity contribution in [2.75, 3.05) is 36.0 Å². The average molecular weight is 534 g/mol. The Morgan fingerprint density at radius 3 is 2.35 bits per heavy atom. The van der Waals surface area contributed by atoms with Crippen LogP contribution in [0.1, 0.15) is 40.2 Å². The Balaban J connectivity index is 1.48. The maximum Gasteiger partial charge on any atom is 0.228 e. The van der Waals surface area contributed by atoms with Gasteiger partial charge in [-0.05, 0) is 73.0 Å². The van der Waals surface area contributed by atoms with Crippen molar-refractivity contribution in [2.24, 2.45) is 10.9 Å². The van der Waals surface area contributed by atoms with Gasteiger partial charge in [0.1, 0.15) is 5.69 Å². The van der Waals surface area contributed by atoms with Crippen LogP contribution in [0, 0.1) is 5.92 Å². The Kier molecular flexibility index (Phi) is 6.58. The number of likely N-dealkylation sites (N-methyl/N-ethyl adjacent to an activating group) is 1. The minimum atomic E-state index is -0.726.